The van der Waals surface area contributed by atoms with Gasteiger partial charge in [-0.2, -0.15) is 13.2 Å². The molecule has 0 spiro atoms. The molecule has 0 saturated carbocycles. The van der Waals surface area contributed by atoms with Crippen molar-refractivity contribution in [3.8, 4) is 0 Å². The standard InChI is InChI=1S/C8H6ClF5N2/c9-5-3(2-15)1-4(7(10)11)16-6(5)8(12,13)14/h1,7H,2,15H2. The molecule has 0 radical (unpaired) electrons. The number of nitrogens with two attached hydrogens (primary N) is 1. The van der Waals surface area contributed by atoms with Crippen molar-refractivity contribution in [2.75, 3.05) is 0 Å². The van der Waals surface area contributed by atoms with Crippen LogP contribution >= 0.6 is 11.6 Å². The Morgan fingerprint density at radius 1 is 1.38 bits per heavy atom. The molecule has 0 aliphatic rings. The Balaban J connectivity index is 3.42. The number of aromatic nitrogens is 1. The largest absolute Gasteiger partial charge is 0.434 e. The van der Waals surface area contributed by atoms with Gasteiger partial charge in [0.1, 0.15) is 5.69 Å². The molecule has 1 rings (SSSR count). The summed E-state index contributed by atoms with van der Waals surface area (Å²) in [7, 11) is 0. The molecule has 0 fully saturated rings. The van der Waals surface area contributed by atoms with E-state index in [9.17, 15) is 22.0 Å². The van der Waals surface area contributed by atoms with Crippen molar-refractivity contribution in [3.05, 3.63) is 28.0 Å². The van der Waals surface area contributed by atoms with Crippen molar-refractivity contribution in [2.24, 2.45) is 5.73 Å². The minimum Gasteiger partial charge on any atom is -0.326 e. The molecule has 0 aliphatic carbocycles. The predicted molar refractivity (Wildman–Crippen MR) is 47.1 cm³/mol. The van der Waals surface area contributed by atoms with Crippen LogP contribution in [0.1, 0.15) is 23.4 Å². The minimum atomic E-state index is -4.88. The van der Waals surface area contributed by atoms with E-state index in [-0.39, 0.29) is 12.1 Å². The summed E-state index contributed by atoms with van der Waals surface area (Å²) in [5, 5.41) is -0.737. The van der Waals surface area contributed by atoms with Crippen LogP contribution in [0, 0.1) is 0 Å². The van der Waals surface area contributed by atoms with Crippen LogP contribution in [-0.4, -0.2) is 4.98 Å². The van der Waals surface area contributed by atoms with Crippen molar-refractivity contribution in [1.82, 2.24) is 4.98 Å². The lowest BCUT2D eigenvalue weighted by atomic mass is 10.2. The lowest BCUT2D eigenvalue weighted by Crippen LogP contribution is -2.13. The third-order valence-electron chi connectivity index (χ3n) is 1.76. The van der Waals surface area contributed by atoms with Gasteiger partial charge in [-0.25, -0.2) is 13.8 Å². The second-order valence-electron chi connectivity index (χ2n) is 2.87. The van der Waals surface area contributed by atoms with Crippen molar-refractivity contribution in [2.45, 2.75) is 19.1 Å². The lowest BCUT2D eigenvalue weighted by Gasteiger charge is -2.12. The molecule has 1 aromatic heterocycles. The van der Waals surface area contributed by atoms with Crippen LogP contribution in [-0.2, 0) is 12.7 Å². The molecular weight excluding hydrogens is 255 g/mol. The second kappa shape index (κ2) is 4.50. The van der Waals surface area contributed by atoms with E-state index in [1.54, 1.807) is 0 Å². The van der Waals surface area contributed by atoms with Gasteiger partial charge in [-0.1, -0.05) is 11.6 Å². The van der Waals surface area contributed by atoms with Gasteiger partial charge in [0.2, 0.25) is 0 Å². The number of alkyl halides is 5. The molecule has 1 aromatic rings. The normalized spacial score (nSPS) is 12.2. The van der Waals surface area contributed by atoms with Crippen molar-refractivity contribution >= 4 is 11.6 Å². The maximum atomic E-state index is 12.4. The van der Waals surface area contributed by atoms with E-state index in [1.165, 1.54) is 0 Å². The maximum absolute atomic E-state index is 12.4. The Kier molecular flexibility index (Phi) is 3.69. The number of halogens is 6. The van der Waals surface area contributed by atoms with E-state index < -0.39 is 29.0 Å². The second-order valence-corrected chi connectivity index (χ2v) is 3.25. The quantitative estimate of drug-likeness (QED) is 0.830. The van der Waals surface area contributed by atoms with E-state index in [1.807, 2.05) is 0 Å². The molecule has 2 nitrogen and oxygen atoms in total. The molecule has 0 amide bonds. The number of hydrogen-bond acceptors (Lipinski definition) is 2. The molecule has 0 aromatic carbocycles. The molecule has 0 atom stereocenters. The lowest BCUT2D eigenvalue weighted by molar-refractivity contribution is -0.141. The van der Waals surface area contributed by atoms with Crippen LogP contribution in [0.15, 0.2) is 6.07 Å². The van der Waals surface area contributed by atoms with E-state index >= 15 is 0 Å². The molecule has 0 unspecified atom stereocenters. The zero-order chi connectivity index (χ0) is 12.5. The number of hydrogen-bond donors (Lipinski definition) is 1. The Morgan fingerprint density at radius 3 is 2.31 bits per heavy atom. The fraction of sp³-hybridized carbons (Fsp3) is 0.375. The van der Waals surface area contributed by atoms with E-state index in [4.69, 9.17) is 17.3 Å². The van der Waals surface area contributed by atoms with Crippen LogP contribution < -0.4 is 5.73 Å². The van der Waals surface area contributed by atoms with Gasteiger partial charge in [0.25, 0.3) is 6.43 Å². The molecule has 0 saturated heterocycles. The zero-order valence-corrected chi connectivity index (χ0v) is 8.41. The smallest absolute Gasteiger partial charge is 0.326 e. The van der Waals surface area contributed by atoms with Gasteiger partial charge in [0.15, 0.2) is 5.69 Å². The maximum Gasteiger partial charge on any atom is 0.434 e. The van der Waals surface area contributed by atoms with Gasteiger partial charge < -0.3 is 5.73 Å². The summed E-state index contributed by atoms with van der Waals surface area (Å²) in [5.41, 5.74) is 2.37. The monoisotopic (exact) mass is 260 g/mol. The minimum absolute atomic E-state index is 0.209. The molecule has 1 heterocycles. The highest BCUT2D eigenvalue weighted by Crippen LogP contribution is 2.36. The van der Waals surface area contributed by atoms with Gasteiger partial charge in [0.05, 0.1) is 5.02 Å². The Labute approximate surface area is 92.2 Å². The average Bonchev–Trinajstić information content (AvgIpc) is 2.15. The highest BCUT2D eigenvalue weighted by atomic mass is 35.5. The van der Waals surface area contributed by atoms with Crippen molar-refractivity contribution in [3.63, 3.8) is 0 Å². The molecule has 0 bridgehead atoms. The fourth-order valence-electron chi connectivity index (χ4n) is 1.05. The van der Waals surface area contributed by atoms with Crippen molar-refractivity contribution in [1.29, 1.82) is 0 Å². The van der Waals surface area contributed by atoms with Gasteiger partial charge >= 0.3 is 6.18 Å². The summed E-state index contributed by atoms with van der Waals surface area (Å²) in [6.07, 6.45) is -7.99. The first-order chi connectivity index (χ1) is 7.27. The first-order valence-electron chi connectivity index (χ1n) is 4.02. The predicted octanol–water partition coefficient (Wildman–Crippen LogP) is 3.15. The van der Waals surface area contributed by atoms with Crippen LogP contribution in [0.5, 0.6) is 0 Å². The summed E-state index contributed by atoms with van der Waals surface area (Å²) in [6.45, 7) is -0.371. The van der Waals surface area contributed by atoms with Crippen LogP contribution in [0.4, 0.5) is 22.0 Å². The number of pyridine rings is 1. The summed E-state index contributed by atoms with van der Waals surface area (Å²) in [4.78, 5) is 2.79. The Bertz CT molecular complexity index is 391. The molecule has 8 heteroatoms. The summed E-state index contributed by atoms with van der Waals surface area (Å²) in [6, 6.07) is 0.766. The highest BCUT2D eigenvalue weighted by molar-refractivity contribution is 6.32. The molecule has 2 N–H and O–H groups in total. The molecule has 16 heavy (non-hydrogen) atoms. The summed E-state index contributed by atoms with van der Waals surface area (Å²) in [5.74, 6) is 0. The van der Waals surface area contributed by atoms with E-state index in [2.05, 4.69) is 4.98 Å². The van der Waals surface area contributed by atoms with E-state index in [0.29, 0.717) is 0 Å². The Morgan fingerprint density at radius 2 is 1.94 bits per heavy atom. The topological polar surface area (TPSA) is 38.9 Å². The zero-order valence-electron chi connectivity index (χ0n) is 7.65. The third kappa shape index (κ3) is 2.59. The van der Waals surface area contributed by atoms with E-state index in [0.717, 1.165) is 6.07 Å². The average molecular weight is 261 g/mol. The highest BCUT2D eigenvalue weighted by Gasteiger charge is 2.37. The number of rotatable bonds is 2. The van der Waals surface area contributed by atoms with Crippen LogP contribution in [0.2, 0.25) is 5.02 Å². The van der Waals surface area contributed by atoms with Gasteiger partial charge in [0, 0.05) is 6.54 Å². The van der Waals surface area contributed by atoms with Crippen molar-refractivity contribution < 1.29 is 22.0 Å². The van der Waals surface area contributed by atoms with Gasteiger partial charge in [-0.05, 0) is 11.6 Å². The first-order valence-corrected chi connectivity index (χ1v) is 4.40. The molecule has 90 valence electrons. The fourth-order valence-corrected chi connectivity index (χ4v) is 1.33. The number of nitrogens with zero attached hydrogens (tertiary/aromatic N) is 1. The Hall–Kier alpha value is -0.950. The summed E-state index contributed by atoms with van der Waals surface area (Å²) >= 11 is 5.36. The SMILES string of the molecule is NCc1cc(C(F)F)nc(C(F)(F)F)c1Cl. The van der Waals surface area contributed by atoms with Gasteiger partial charge in [-0.15, -0.1) is 0 Å². The summed E-state index contributed by atoms with van der Waals surface area (Å²) < 4.78 is 61.7. The van der Waals surface area contributed by atoms with Gasteiger partial charge in [-0.3, -0.25) is 0 Å². The van der Waals surface area contributed by atoms with Crippen LogP contribution in [0.3, 0.4) is 0 Å². The molecule has 0 aliphatic heterocycles. The van der Waals surface area contributed by atoms with Crippen LogP contribution in [0.25, 0.3) is 0 Å². The first kappa shape index (κ1) is 13.1. The molecular formula is C8H6ClF5N2. The third-order valence-corrected chi connectivity index (χ3v) is 2.19.